The van der Waals surface area contributed by atoms with Gasteiger partial charge < -0.3 is 5.11 Å². The van der Waals surface area contributed by atoms with Crippen LogP contribution in [0.3, 0.4) is 0 Å². The Morgan fingerprint density at radius 2 is 1.37 bits per heavy atom. The van der Waals surface area contributed by atoms with Crippen LogP contribution in [-0.4, -0.2) is 11.2 Å². The van der Waals surface area contributed by atoms with Crippen LogP contribution in [0.25, 0.3) is 0 Å². The fourth-order valence-corrected chi connectivity index (χ4v) is 2.07. The largest absolute Gasteiger partial charge is 0.393 e. The summed E-state index contributed by atoms with van der Waals surface area (Å²) in [4.78, 5) is 0. The van der Waals surface area contributed by atoms with Gasteiger partial charge in [-0.25, -0.2) is 0 Å². The van der Waals surface area contributed by atoms with Crippen LogP contribution in [0.5, 0.6) is 0 Å². The number of aliphatic hydroxyl groups is 1. The van der Waals surface area contributed by atoms with Crippen LogP contribution in [0.4, 0.5) is 0 Å². The molecule has 1 heteroatoms. The van der Waals surface area contributed by atoms with Gasteiger partial charge in [0.25, 0.3) is 0 Å². The minimum atomic E-state index is -0.121. The molecule has 0 spiro atoms. The summed E-state index contributed by atoms with van der Waals surface area (Å²) in [6.45, 7) is 4.12. The molecule has 112 valence electrons. The molecule has 0 bridgehead atoms. The van der Waals surface area contributed by atoms with E-state index in [1.165, 1.54) is 57.8 Å². The van der Waals surface area contributed by atoms with Crippen molar-refractivity contribution < 1.29 is 5.11 Å². The van der Waals surface area contributed by atoms with Crippen molar-refractivity contribution in [2.45, 2.75) is 90.6 Å². The Morgan fingerprint density at radius 3 is 1.95 bits per heavy atom. The van der Waals surface area contributed by atoms with Crippen molar-refractivity contribution >= 4 is 0 Å². The number of rotatable bonds is 13. The van der Waals surface area contributed by atoms with E-state index >= 15 is 0 Å². The average Bonchev–Trinajstić information content (AvgIpc) is 2.39. The molecule has 0 saturated heterocycles. The lowest BCUT2D eigenvalue weighted by molar-refractivity contribution is 0.180. The van der Waals surface area contributed by atoms with E-state index in [9.17, 15) is 0 Å². The second-order valence-corrected chi connectivity index (χ2v) is 5.51. The Bertz CT molecular complexity index is 216. The Hall–Kier alpha value is -0.560. The van der Waals surface area contributed by atoms with E-state index in [2.05, 4.69) is 31.2 Å². The van der Waals surface area contributed by atoms with E-state index in [1.54, 1.807) is 0 Å². The summed E-state index contributed by atoms with van der Waals surface area (Å²) in [5.74, 6) is 0. The van der Waals surface area contributed by atoms with Gasteiger partial charge in [-0.15, -0.1) is 0 Å². The number of hydrogen-bond acceptors (Lipinski definition) is 1. The lowest BCUT2D eigenvalue weighted by Gasteiger charge is -2.02. The topological polar surface area (TPSA) is 20.2 Å². The molecule has 0 aliphatic carbocycles. The zero-order valence-corrected chi connectivity index (χ0v) is 13.1. The van der Waals surface area contributed by atoms with Gasteiger partial charge in [0.05, 0.1) is 6.10 Å². The van der Waals surface area contributed by atoms with Crippen molar-refractivity contribution in [2.75, 3.05) is 0 Å². The first-order valence-electron chi connectivity index (χ1n) is 8.25. The average molecular weight is 266 g/mol. The van der Waals surface area contributed by atoms with Crippen LogP contribution in [0.2, 0.25) is 0 Å². The van der Waals surface area contributed by atoms with Gasteiger partial charge in [-0.05, 0) is 45.4 Å². The number of aliphatic hydroxyl groups excluding tert-OH is 1. The first-order chi connectivity index (χ1) is 9.27. The third-order valence-electron chi connectivity index (χ3n) is 3.32. The van der Waals surface area contributed by atoms with Crippen LogP contribution in [-0.2, 0) is 0 Å². The minimum absolute atomic E-state index is 0.121. The number of unbranched alkanes of at least 4 members (excludes halogenated alkanes) is 7. The maximum Gasteiger partial charge on any atom is 0.0512 e. The van der Waals surface area contributed by atoms with Gasteiger partial charge in [-0.2, -0.15) is 0 Å². The first kappa shape index (κ1) is 18.4. The van der Waals surface area contributed by atoms with E-state index in [1.807, 2.05) is 6.92 Å². The van der Waals surface area contributed by atoms with Gasteiger partial charge >= 0.3 is 0 Å². The van der Waals surface area contributed by atoms with Crippen LogP contribution >= 0.6 is 0 Å². The quantitative estimate of drug-likeness (QED) is 0.330. The standard InChI is InChI=1S/C18H34O/c1-3-4-5-6-7-8-9-10-11-12-13-14-15-16-17-18(2)19/h7-8,10-11,18-19H,3-6,9,12-17H2,1-2H3/b8-7-,11-10-. The van der Waals surface area contributed by atoms with Crippen LogP contribution < -0.4 is 0 Å². The second-order valence-electron chi connectivity index (χ2n) is 5.51. The van der Waals surface area contributed by atoms with E-state index in [0.717, 1.165) is 12.8 Å². The van der Waals surface area contributed by atoms with Gasteiger partial charge in [0, 0.05) is 0 Å². The molecule has 0 aromatic rings. The predicted molar refractivity (Wildman–Crippen MR) is 86.4 cm³/mol. The van der Waals surface area contributed by atoms with Crippen LogP contribution in [0, 0.1) is 0 Å². The van der Waals surface area contributed by atoms with Gasteiger partial charge in [0.2, 0.25) is 0 Å². The summed E-state index contributed by atoms with van der Waals surface area (Å²) in [7, 11) is 0. The zero-order valence-electron chi connectivity index (χ0n) is 13.1. The number of hydrogen-bond donors (Lipinski definition) is 1. The summed E-state index contributed by atoms with van der Waals surface area (Å²) in [5, 5.41) is 9.13. The summed E-state index contributed by atoms with van der Waals surface area (Å²) in [6.07, 6.45) is 22.6. The predicted octanol–water partition coefficient (Wildman–Crippen LogP) is 5.79. The molecular formula is C18H34O. The molecule has 0 saturated carbocycles. The summed E-state index contributed by atoms with van der Waals surface area (Å²) < 4.78 is 0. The zero-order chi connectivity index (χ0) is 14.2. The molecule has 0 aliphatic rings. The highest BCUT2D eigenvalue weighted by Gasteiger charge is 1.94. The Balaban J connectivity index is 3.17. The van der Waals surface area contributed by atoms with Crippen molar-refractivity contribution in [1.29, 1.82) is 0 Å². The van der Waals surface area contributed by atoms with Gasteiger partial charge in [-0.1, -0.05) is 63.3 Å². The third-order valence-corrected chi connectivity index (χ3v) is 3.32. The molecule has 0 rings (SSSR count). The molecule has 0 aliphatic heterocycles. The molecule has 0 radical (unpaired) electrons. The molecule has 19 heavy (non-hydrogen) atoms. The van der Waals surface area contributed by atoms with E-state index in [-0.39, 0.29) is 6.10 Å². The highest BCUT2D eigenvalue weighted by Crippen LogP contribution is 2.08. The summed E-state index contributed by atoms with van der Waals surface area (Å²) in [6, 6.07) is 0. The van der Waals surface area contributed by atoms with Crippen LogP contribution in [0.1, 0.15) is 84.5 Å². The first-order valence-corrected chi connectivity index (χ1v) is 8.25. The second kappa shape index (κ2) is 15.5. The smallest absolute Gasteiger partial charge is 0.0512 e. The molecule has 0 fully saturated rings. The monoisotopic (exact) mass is 266 g/mol. The molecular weight excluding hydrogens is 232 g/mol. The normalized spacial score (nSPS) is 13.6. The van der Waals surface area contributed by atoms with Gasteiger partial charge in [0.1, 0.15) is 0 Å². The summed E-state index contributed by atoms with van der Waals surface area (Å²) in [5.41, 5.74) is 0. The summed E-state index contributed by atoms with van der Waals surface area (Å²) >= 11 is 0. The highest BCUT2D eigenvalue weighted by molar-refractivity contribution is 4.92. The van der Waals surface area contributed by atoms with Crippen molar-refractivity contribution in [3.8, 4) is 0 Å². The maximum atomic E-state index is 9.13. The molecule has 0 aromatic heterocycles. The van der Waals surface area contributed by atoms with E-state index in [4.69, 9.17) is 5.11 Å². The Labute approximate surface area is 120 Å². The third kappa shape index (κ3) is 17.4. The van der Waals surface area contributed by atoms with E-state index < -0.39 is 0 Å². The van der Waals surface area contributed by atoms with Crippen molar-refractivity contribution in [3.05, 3.63) is 24.3 Å². The fraction of sp³-hybridized carbons (Fsp3) is 0.778. The molecule has 0 amide bonds. The van der Waals surface area contributed by atoms with Crippen LogP contribution in [0.15, 0.2) is 24.3 Å². The maximum absolute atomic E-state index is 9.13. The SMILES string of the molecule is CCCCC/C=C\C/C=C\CCCCCCC(C)O. The fourth-order valence-electron chi connectivity index (χ4n) is 2.07. The number of allylic oxidation sites excluding steroid dienone is 4. The lowest BCUT2D eigenvalue weighted by atomic mass is 10.1. The Morgan fingerprint density at radius 1 is 0.789 bits per heavy atom. The molecule has 0 aromatic carbocycles. The Kier molecular flexibility index (Phi) is 15.0. The molecule has 0 heterocycles. The van der Waals surface area contributed by atoms with E-state index in [0.29, 0.717) is 0 Å². The minimum Gasteiger partial charge on any atom is -0.393 e. The lowest BCUT2D eigenvalue weighted by Crippen LogP contribution is -1.97. The highest BCUT2D eigenvalue weighted by atomic mass is 16.3. The molecule has 1 atom stereocenters. The van der Waals surface area contributed by atoms with Crippen molar-refractivity contribution in [2.24, 2.45) is 0 Å². The van der Waals surface area contributed by atoms with Gasteiger partial charge in [-0.3, -0.25) is 0 Å². The molecule has 1 N–H and O–H groups in total. The van der Waals surface area contributed by atoms with Crippen molar-refractivity contribution in [1.82, 2.24) is 0 Å². The molecule has 1 nitrogen and oxygen atoms in total. The molecule has 1 unspecified atom stereocenters. The van der Waals surface area contributed by atoms with Gasteiger partial charge in [0.15, 0.2) is 0 Å². The van der Waals surface area contributed by atoms with Crippen molar-refractivity contribution in [3.63, 3.8) is 0 Å².